The zero-order chi connectivity index (χ0) is 6.85. The van der Waals surface area contributed by atoms with Crippen LogP contribution in [0, 0.1) is 0 Å². The zero-order valence-corrected chi connectivity index (χ0v) is 4.39. The van der Waals surface area contributed by atoms with Crippen LogP contribution in [0.15, 0.2) is 11.9 Å². The summed E-state index contributed by atoms with van der Waals surface area (Å²) >= 11 is 0. The summed E-state index contributed by atoms with van der Waals surface area (Å²) in [6.45, 7) is 0. The summed E-state index contributed by atoms with van der Waals surface area (Å²) in [6.07, 6.45) is -0.150. The highest BCUT2D eigenvalue weighted by Gasteiger charge is 2.26. The van der Waals surface area contributed by atoms with Gasteiger partial charge in [-0.05, 0) is 0 Å². The van der Waals surface area contributed by atoms with E-state index in [1.807, 2.05) is 0 Å². The molecule has 3 nitrogen and oxygen atoms in total. The van der Waals surface area contributed by atoms with E-state index in [4.69, 9.17) is 0 Å². The molecular formula is C5H3FO3. The van der Waals surface area contributed by atoms with Crippen molar-refractivity contribution < 1.29 is 18.7 Å². The van der Waals surface area contributed by atoms with Crippen molar-refractivity contribution in [1.29, 1.82) is 0 Å². The Morgan fingerprint density at radius 2 is 2.22 bits per heavy atom. The van der Waals surface area contributed by atoms with E-state index in [0.29, 0.717) is 0 Å². The van der Waals surface area contributed by atoms with Crippen LogP contribution in [0.2, 0.25) is 0 Å². The number of carbonyl (C=O) groups is 2. The summed E-state index contributed by atoms with van der Waals surface area (Å²) in [4.78, 5) is 20.4. The van der Waals surface area contributed by atoms with E-state index < -0.39 is 11.9 Å². The third-order valence-electron chi connectivity index (χ3n) is 0.935. The van der Waals surface area contributed by atoms with Crippen LogP contribution < -0.4 is 0 Å². The van der Waals surface area contributed by atoms with Gasteiger partial charge in [-0.15, -0.1) is 0 Å². The van der Waals surface area contributed by atoms with Crippen molar-refractivity contribution in [3.63, 3.8) is 0 Å². The number of cyclic esters (lactones) is 2. The Morgan fingerprint density at radius 3 is 2.44 bits per heavy atom. The van der Waals surface area contributed by atoms with Gasteiger partial charge in [0.2, 0.25) is 0 Å². The van der Waals surface area contributed by atoms with Crippen LogP contribution in [0.4, 0.5) is 4.39 Å². The molecule has 48 valence electrons. The lowest BCUT2D eigenvalue weighted by atomic mass is 10.3. The molecule has 1 aliphatic heterocycles. The molecule has 0 unspecified atom stereocenters. The molecule has 0 atom stereocenters. The molecule has 1 aliphatic rings. The third-order valence-corrected chi connectivity index (χ3v) is 0.935. The number of halogens is 1. The van der Waals surface area contributed by atoms with Crippen LogP contribution in [-0.2, 0) is 14.3 Å². The summed E-state index contributed by atoms with van der Waals surface area (Å²) in [5, 5.41) is 0. The molecule has 0 amide bonds. The number of rotatable bonds is 0. The first-order valence-corrected chi connectivity index (χ1v) is 2.28. The Morgan fingerprint density at radius 1 is 1.56 bits per heavy atom. The molecule has 0 bridgehead atoms. The predicted octanol–water partition coefficient (Wildman–Crippen LogP) is 0.313. The Balaban J connectivity index is 2.81. The topological polar surface area (TPSA) is 43.4 Å². The van der Waals surface area contributed by atoms with Gasteiger partial charge < -0.3 is 4.74 Å². The molecule has 0 aliphatic carbocycles. The number of hydrogen-bond donors (Lipinski definition) is 0. The van der Waals surface area contributed by atoms with E-state index in [9.17, 15) is 14.0 Å². The summed E-state index contributed by atoms with van der Waals surface area (Å²) in [5.74, 6) is -1.56. The largest absolute Gasteiger partial charge is 0.389 e. The minimum absolute atomic E-state index is 0.0905. The first-order valence-electron chi connectivity index (χ1n) is 2.28. The first-order chi connectivity index (χ1) is 4.24. The second kappa shape index (κ2) is 1.97. The van der Waals surface area contributed by atoms with Crippen LogP contribution in [0.3, 0.4) is 0 Å². The van der Waals surface area contributed by atoms with Gasteiger partial charge in [-0.2, -0.15) is 0 Å². The molecule has 1 rings (SSSR count). The van der Waals surface area contributed by atoms with Crippen LogP contribution >= 0.6 is 0 Å². The minimum Gasteiger partial charge on any atom is -0.389 e. The third kappa shape index (κ3) is 0.960. The summed E-state index contributed by atoms with van der Waals surface area (Å²) in [5.41, 5.74) is -0.208. The highest BCUT2D eigenvalue weighted by atomic mass is 19.1. The summed E-state index contributed by atoms with van der Waals surface area (Å²) in [7, 11) is 0. The van der Waals surface area contributed by atoms with Gasteiger partial charge in [0.1, 0.15) is 0 Å². The lowest BCUT2D eigenvalue weighted by molar-refractivity contribution is -0.151. The molecule has 0 saturated carbocycles. The van der Waals surface area contributed by atoms with Crippen LogP contribution in [0.1, 0.15) is 6.42 Å². The van der Waals surface area contributed by atoms with Crippen molar-refractivity contribution in [2.24, 2.45) is 0 Å². The van der Waals surface area contributed by atoms with Crippen molar-refractivity contribution in [1.82, 2.24) is 0 Å². The molecule has 0 N–H and O–H groups in total. The maximum atomic E-state index is 11.5. The fourth-order valence-corrected chi connectivity index (χ4v) is 0.516. The SMILES string of the molecule is O=C1CC(=CF)C(=O)O1. The van der Waals surface area contributed by atoms with Crippen molar-refractivity contribution >= 4 is 11.9 Å². The maximum absolute atomic E-state index is 11.5. The van der Waals surface area contributed by atoms with Crippen LogP contribution in [0.5, 0.6) is 0 Å². The molecule has 0 radical (unpaired) electrons. The van der Waals surface area contributed by atoms with Crippen molar-refractivity contribution in [3.05, 3.63) is 11.9 Å². The Labute approximate surface area is 50.1 Å². The second-order valence-electron chi connectivity index (χ2n) is 1.57. The standard InChI is InChI=1S/C5H3FO3/c6-2-3-1-4(7)9-5(3)8/h2H,1H2. The van der Waals surface area contributed by atoms with E-state index in [1.165, 1.54) is 0 Å². The number of ether oxygens (including phenoxy) is 1. The van der Waals surface area contributed by atoms with Gasteiger partial charge in [0.25, 0.3) is 0 Å². The molecule has 0 spiro atoms. The molecule has 9 heavy (non-hydrogen) atoms. The highest BCUT2D eigenvalue weighted by Crippen LogP contribution is 2.13. The van der Waals surface area contributed by atoms with Crippen LogP contribution in [0.25, 0.3) is 0 Å². The van der Waals surface area contributed by atoms with Gasteiger partial charge in [0, 0.05) is 0 Å². The van der Waals surface area contributed by atoms with E-state index in [1.54, 1.807) is 0 Å². The van der Waals surface area contributed by atoms with Crippen molar-refractivity contribution in [2.75, 3.05) is 0 Å². The number of carbonyl (C=O) groups excluding carboxylic acids is 2. The predicted molar refractivity (Wildman–Crippen MR) is 24.9 cm³/mol. The van der Waals surface area contributed by atoms with Gasteiger partial charge in [-0.3, -0.25) is 4.79 Å². The van der Waals surface area contributed by atoms with E-state index in [0.717, 1.165) is 0 Å². The van der Waals surface area contributed by atoms with Crippen LogP contribution in [-0.4, -0.2) is 11.9 Å². The average Bonchev–Trinajstić information content (AvgIpc) is 2.10. The number of hydrogen-bond acceptors (Lipinski definition) is 3. The molecule has 1 heterocycles. The van der Waals surface area contributed by atoms with Gasteiger partial charge in [0.05, 0.1) is 18.3 Å². The Hall–Kier alpha value is -1.19. The van der Waals surface area contributed by atoms with Gasteiger partial charge in [0.15, 0.2) is 0 Å². The fraction of sp³-hybridized carbons (Fsp3) is 0.200. The van der Waals surface area contributed by atoms with E-state index >= 15 is 0 Å². The maximum Gasteiger partial charge on any atom is 0.344 e. The van der Waals surface area contributed by atoms with Gasteiger partial charge >= 0.3 is 11.9 Å². The molecule has 1 fully saturated rings. The molecule has 4 heteroatoms. The molecular weight excluding hydrogens is 127 g/mol. The summed E-state index contributed by atoms with van der Waals surface area (Å²) < 4.78 is 15.5. The molecule has 1 saturated heterocycles. The van der Waals surface area contributed by atoms with Crippen molar-refractivity contribution in [3.8, 4) is 0 Å². The zero-order valence-electron chi connectivity index (χ0n) is 4.39. The smallest absolute Gasteiger partial charge is 0.344 e. The normalized spacial score (nSPS) is 23.0. The second-order valence-corrected chi connectivity index (χ2v) is 1.57. The molecule has 0 aromatic heterocycles. The lowest BCUT2D eigenvalue weighted by Gasteiger charge is -1.81. The lowest BCUT2D eigenvalue weighted by Crippen LogP contribution is -1.96. The van der Waals surface area contributed by atoms with Gasteiger partial charge in [-0.25, -0.2) is 9.18 Å². The summed E-state index contributed by atoms with van der Waals surface area (Å²) in [6, 6.07) is 0. The fourth-order valence-electron chi connectivity index (χ4n) is 0.516. The highest BCUT2D eigenvalue weighted by molar-refractivity contribution is 6.05. The Kier molecular flexibility index (Phi) is 1.30. The number of esters is 2. The monoisotopic (exact) mass is 130 g/mol. The minimum atomic E-state index is -0.873. The van der Waals surface area contributed by atoms with E-state index in [-0.39, 0.29) is 18.3 Å². The quantitative estimate of drug-likeness (QED) is 0.269. The van der Waals surface area contributed by atoms with Gasteiger partial charge in [-0.1, -0.05) is 0 Å². The van der Waals surface area contributed by atoms with E-state index in [2.05, 4.69) is 4.74 Å². The first kappa shape index (κ1) is 5.94. The Bertz CT molecular complexity index is 194. The molecule has 0 aromatic rings. The van der Waals surface area contributed by atoms with Crippen molar-refractivity contribution in [2.45, 2.75) is 6.42 Å². The average molecular weight is 130 g/mol. The molecule has 0 aromatic carbocycles.